The molecule has 0 saturated heterocycles. The number of nitrogens with one attached hydrogen (secondary N) is 2. The lowest BCUT2D eigenvalue weighted by atomic mass is 10.1. The van der Waals surface area contributed by atoms with E-state index in [4.69, 9.17) is 0 Å². The van der Waals surface area contributed by atoms with Crippen LogP contribution in [0.15, 0.2) is 48.0 Å². The molecule has 3 N–H and O–H groups in total. The van der Waals surface area contributed by atoms with E-state index in [1.165, 1.54) is 16.7 Å². The molecule has 0 radical (unpaired) electrons. The van der Waals surface area contributed by atoms with Crippen LogP contribution >= 0.6 is 11.3 Å². The molecule has 24 heavy (non-hydrogen) atoms. The van der Waals surface area contributed by atoms with E-state index in [-0.39, 0.29) is 11.9 Å². The van der Waals surface area contributed by atoms with Crippen molar-refractivity contribution in [1.82, 2.24) is 10.3 Å². The summed E-state index contributed by atoms with van der Waals surface area (Å²) >= 11 is 1.54. The van der Waals surface area contributed by atoms with Gasteiger partial charge in [-0.1, -0.05) is 12.1 Å². The highest BCUT2D eigenvalue weighted by atomic mass is 32.1. The third-order valence-electron chi connectivity index (χ3n) is 4.11. The van der Waals surface area contributed by atoms with Gasteiger partial charge in [-0.25, -0.2) is 0 Å². The van der Waals surface area contributed by atoms with Crippen molar-refractivity contribution in [3.63, 3.8) is 0 Å². The Bertz CT molecular complexity index is 795. The first-order valence-corrected chi connectivity index (χ1v) is 9.06. The van der Waals surface area contributed by atoms with Crippen molar-refractivity contribution in [2.24, 2.45) is 0 Å². The highest BCUT2D eigenvalue weighted by Crippen LogP contribution is 2.23. The molecule has 0 saturated carbocycles. The zero-order valence-corrected chi connectivity index (χ0v) is 14.5. The molecule has 2 unspecified atom stereocenters. The van der Waals surface area contributed by atoms with E-state index in [1.807, 2.05) is 42.8 Å². The van der Waals surface area contributed by atoms with E-state index in [0.29, 0.717) is 19.3 Å². The SMILES string of the molecule is CC(CC(O)c1cccs1)NC(=O)CCc1ccc2[nH]ccc2c1. The number of thiophene rings is 1. The Morgan fingerprint density at radius 1 is 1.33 bits per heavy atom. The molecule has 1 amide bonds. The molecule has 0 fully saturated rings. The molecule has 0 aliphatic heterocycles. The summed E-state index contributed by atoms with van der Waals surface area (Å²) in [6.07, 6.45) is 3.10. The predicted octanol–water partition coefficient (Wildman–Crippen LogP) is 3.79. The molecule has 0 spiro atoms. The minimum Gasteiger partial charge on any atom is -0.387 e. The minimum absolute atomic E-state index is 0.0232. The molecule has 5 heteroatoms. The highest BCUT2D eigenvalue weighted by Gasteiger charge is 2.15. The van der Waals surface area contributed by atoms with Crippen molar-refractivity contribution in [1.29, 1.82) is 0 Å². The molecule has 3 rings (SSSR count). The van der Waals surface area contributed by atoms with Gasteiger partial charge in [-0.2, -0.15) is 0 Å². The molecule has 3 aromatic rings. The Kier molecular flexibility index (Phi) is 5.33. The Labute approximate surface area is 145 Å². The van der Waals surface area contributed by atoms with Crippen LogP contribution in [0.3, 0.4) is 0 Å². The number of carbonyl (C=O) groups is 1. The zero-order chi connectivity index (χ0) is 16.9. The lowest BCUT2D eigenvalue weighted by Gasteiger charge is -2.17. The Hall–Kier alpha value is -2.11. The zero-order valence-electron chi connectivity index (χ0n) is 13.7. The number of fused-ring (bicyclic) bond motifs is 1. The first-order chi connectivity index (χ1) is 11.6. The average Bonchev–Trinajstić information content (AvgIpc) is 3.23. The quantitative estimate of drug-likeness (QED) is 0.611. The van der Waals surface area contributed by atoms with E-state index in [9.17, 15) is 9.90 Å². The topological polar surface area (TPSA) is 65.1 Å². The minimum atomic E-state index is -0.517. The molecule has 2 aromatic heterocycles. The van der Waals surface area contributed by atoms with Crippen LogP contribution in [0.4, 0.5) is 0 Å². The van der Waals surface area contributed by atoms with Gasteiger partial charge in [0.2, 0.25) is 5.91 Å². The van der Waals surface area contributed by atoms with E-state index >= 15 is 0 Å². The largest absolute Gasteiger partial charge is 0.387 e. The van der Waals surface area contributed by atoms with Gasteiger partial charge < -0.3 is 15.4 Å². The maximum absolute atomic E-state index is 12.1. The van der Waals surface area contributed by atoms with Gasteiger partial charge in [-0.15, -0.1) is 11.3 Å². The second-order valence-corrected chi connectivity index (χ2v) is 7.11. The van der Waals surface area contributed by atoms with E-state index < -0.39 is 6.10 Å². The summed E-state index contributed by atoms with van der Waals surface area (Å²) in [6.45, 7) is 1.93. The van der Waals surface area contributed by atoms with E-state index in [1.54, 1.807) is 0 Å². The van der Waals surface area contributed by atoms with Crippen LogP contribution < -0.4 is 5.32 Å². The lowest BCUT2D eigenvalue weighted by Crippen LogP contribution is -2.33. The van der Waals surface area contributed by atoms with Gasteiger partial charge in [-0.05, 0) is 60.4 Å². The molecule has 4 nitrogen and oxygen atoms in total. The number of aliphatic hydroxyl groups is 1. The van der Waals surface area contributed by atoms with E-state index in [0.717, 1.165) is 16.0 Å². The van der Waals surface area contributed by atoms with Crippen LogP contribution in [0.1, 0.15) is 36.3 Å². The number of H-pyrrole nitrogens is 1. The maximum Gasteiger partial charge on any atom is 0.220 e. The molecule has 2 atom stereocenters. The van der Waals surface area contributed by atoms with Crippen LogP contribution in [0, 0.1) is 0 Å². The van der Waals surface area contributed by atoms with Crippen LogP contribution in [0.2, 0.25) is 0 Å². The molecule has 0 aliphatic rings. The fourth-order valence-corrected chi connectivity index (χ4v) is 3.58. The van der Waals surface area contributed by atoms with Gasteiger partial charge in [0.25, 0.3) is 0 Å². The summed E-state index contributed by atoms with van der Waals surface area (Å²) < 4.78 is 0. The number of carbonyl (C=O) groups excluding carboxylic acids is 1. The van der Waals surface area contributed by atoms with Crippen LogP contribution in [0.25, 0.3) is 10.9 Å². The maximum atomic E-state index is 12.1. The van der Waals surface area contributed by atoms with Crippen LogP contribution in [0.5, 0.6) is 0 Å². The summed E-state index contributed by atoms with van der Waals surface area (Å²) in [4.78, 5) is 16.2. The molecular weight excluding hydrogens is 320 g/mol. The van der Waals surface area contributed by atoms with Gasteiger partial charge in [0.05, 0.1) is 6.10 Å². The number of aromatic amines is 1. The Morgan fingerprint density at radius 3 is 3.00 bits per heavy atom. The number of aryl methyl sites for hydroxylation is 1. The van der Waals surface area contributed by atoms with Gasteiger partial charge in [0.15, 0.2) is 0 Å². The van der Waals surface area contributed by atoms with Crippen molar-refractivity contribution in [3.05, 3.63) is 58.4 Å². The number of amides is 1. The first-order valence-electron chi connectivity index (χ1n) is 8.18. The second-order valence-electron chi connectivity index (χ2n) is 6.13. The van der Waals surface area contributed by atoms with Crippen molar-refractivity contribution < 1.29 is 9.90 Å². The fraction of sp³-hybridized carbons (Fsp3) is 0.316. The number of aliphatic hydroxyl groups excluding tert-OH is 1. The summed E-state index contributed by atoms with van der Waals surface area (Å²) in [6, 6.07) is 12.0. The Morgan fingerprint density at radius 2 is 2.21 bits per heavy atom. The van der Waals surface area contributed by atoms with Crippen molar-refractivity contribution in [3.8, 4) is 0 Å². The summed E-state index contributed by atoms with van der Waals surface area (Å²) in [5, 5.41) is 16.2. The number of rotatable bonds is 7. The normalized spacial score (nSPS) is 13.8. The van der Waals surface area contributed by atoms with Crippen LogP contribution in [-0.4, -0.2) is 22.0 Å². The molecule has 126 valence electrons. The number of aromatic nitrogens is 1. The Balaban J connectivity index is 1.46. The smallest absolute Gasteiger partial charge is 0.220 e. The fourth-order valence-electron chi connectivity index (χ4n) is 2.85. The standard InChI is InChI=1S/C19H22N2O2S/c1-13(11-17(22)18-3-2-10-24-18)21-19(23)7-5-14-4-6-16-15(12-14)8-9-20-16/h2-4,6,8-10,12-13,17,20,22H,5,7,11H2,1H3,(H,21,23). The van der Waals surface area contributed by atoms with Crippen molar-refractivity contribution >= 4 is 28.1 Å². The van der Waals surface area contributed by atoms with Crippen molar-refractivity contribution in [2.75, 3.05) is 0 Å². The summed E-state index contributed by atoms with van der Waals surface area (Å²) in [5.74, 6) is 0.0232. The molecule has 0 bridgehead atoms. The summed E-state index contributed by atoms with van der Waals surface area (Å²) in [5.41, 5.74) is 2.27. The summed E-state index contributed by atoms with van der Waals surface area (Å²) in [7, 11) is 0. The number of benzene rings is 1. The first kappa shape index (κ1) is 16.7. The van der Waals surface area contributed by atoms with Gasteiger partial charge in [0.1, 0.15) is 0 Å². The highest BCUT2D eigenvalue weighted by molar-refractivity contribution is 7.10. The van der Waals surface area contributed by atoms with Gasteiger partial charge in [-0.3, -0.25) is 4.79 Å². The third kappa shape index (κ3) is 4.24. The van der Waals surface area contributed by atoms with E-state index in [2.05, 4.69) is 22.4 Å². The third-order valence-corrected chi connectivity index (χ3v) is 5.09. The number of hydrogen-bond acceptors (Lipinski definition) is 3. The molecule has 1 aromatic carbocycles. The molecule has 0 aliphatic carbocycles. The average molecular weight is 342 g/mol. The lowest BCUT2D eigenvalue weighted by molar-refractivity contribution is -0.121. The predicted molar refractivity (Wildman–Crippen MR) is 98.1 cm³/mol. The molecule has 2 heterocycles. The van der Waals surface area contributed by atoms with Gasteiger partial charge in [0, 0.05) is 29.1 Å². The van der Waals surface area contributed by atoms with Crippen LogP contribution in [-0.2, 0) is 11.2 Å². The van der Waals surface area contributed by atoms with Gasteiger partial charge >= 0.3 is 0 Å². The number of hydrogen-bond donors (Lipinski definition) is 3. The monoisotopic (exact) mass is 342 g/mol. The molecular formula is C19H22N2O2S. The van der Waals surface area contributed by atoms with Crippen molar-refractivity contribution in [2.45, 2.75) is 38.3 Å². The second kappa shape index (κ2) is 7.64.